The number of nitrogens with one attached hydrogen (secondary N) is 1. The third-order valence-corrected chi connectivity index (χ3v) is 6.95. The van der Waals surface area contributed by atoms with Gasteiger partial charge in [-0.05, 0) is 74.8 Å². The largest absolute Gasteiger partial charge is 0.416 e. The molecule has 0 atom stereocenters. The smallest absolute Gasteiger partial charge is 0.369 e. The van der Waals surface area contributed by atoms with E-state index in [0.29, 0.717) is 25.9 Å². The number of alkyl halides is 3. The number of hydrogen-bond donors (Lipinski definition) is 1. The monoisotopic (exact) mass is 488 g/mol. The standard InChI is InChI=1S/C26H31F3N4O2/c1-18-17-22(32-15-13-31(2)14-16-32)7-8-23(18)30-24(34)19-9-11-33(12-10-19)25(35)20-3-5-21(6-4-20)26(27,28)29/h3-8,17,19H,9-16H2,1-2H3,(H,30,34). The number of amides is 2. The van der Waals surface area contributed by atoms with Gasteiger partial charge < -0.3 is 20.0 Å². The van der Waals surface area contributed by atoms with Crippen molar-refractivity contribution in [3.05, 3.63) is 59.2 Å². The Morgan fingerprint density at radius 3 is 2.11 bits per heavy atom. The van der Waals surface area contributed by atoms with Gasteiger partial charge in [0.15, 0.2) is 0 Å². The lowest BCUT2D eigenvalue weighted by Gasteiger charge is -2.34. The number of carbonyl (C=O) groups excluding carboxylic acids is 2. The summed E-state index contributed by atoms with van der Waals surface area (Å²) in [4.78, 5) is 31.8. The molecule has 2 aromatic carbocycles. The molecule has 0 unspecified atom stereocenters. The number of halogens is 3. The Morgan fingerprint density at radius 1 is 0.914 bits per heavy atom. The number of nitrogens with zero attached hydrogens (tertiary/aromatic N) is 3. The third kappa shape index (κ3) is 5.96. The molecule has 9 heteroatoms. The van der Waals surface area contributed by atoms with Crippen molar-refractivity contribution in [2.45, 2.75) is 25.9 Å². The van der Waals surface area contributed by atoms with Gasteiger partial charge in [-0.15, -0.1) is 0 Å². The maximum Gasteiger partial charge on any atom is 0.416 e. The molecule has 35 heavy (non-hydrogen) atoms. The van der Waals surface area contributed by atoms with Gasteiger partial charge in [0.05, 0.1) is 5.56 Å². The molecule has 0 spiro atoms. The molecule has 0 aliphatic carbocycles. The van der Waals surface area contributed by atoms with E-state index >= 15 is 0 Å². The lowest BCUT2D eigenvalue weighted by molar-refractivity contribution is -0.137. The first-order chi connectivity index (χ1) is 16.6. The predicted molar refractivity (Wildman–Crippen MR) is 130 cm³/mol. The summed E-state index contributed by atoms with van der Waals surface area (Å²) in [6.45, 7) is 6.77. The molecule has 0 aromatic heterocycles. The van der Waals surface area contributed by atoms with Gasteiger partial charge in [0.1, 0.15) is 0 Å². The molecule has 2 aliphatic heterocycles. The first-order valence-corrected chi connectivity index (χ1v) is 11.9. The minimum Gasteiger partial charge on any atom is -0.369 e. The summed E-state index contributed by atoms with van der Waals surface area (Å²) >= 11 is 0. The number of rotatable bonds is 4. The van der Waals surface area contributed by atoms with Crippen molar-refractivity contribution in [1.82, 2.24) is 9.80 Å². The van der Waals surface area contributed by atoms with E-state index in [1.54, 1.807) is 4.90 Å². The van der Waals surface area contributed by atoms with E-state index in [-0.39, 0.29) is 23.3 Å². The molecule has 188 valence electrons. The average molecular weight is 489 g/mol. The van der Waals surface area contributed by atoms with E-state index < -0.39 is 11.7 Å². The summed E-state index contributed by atoms with van der Waals surface area (Å²) in [6, 6.07) is 10.3. The predicted octanol–water partition coefficient (Wildman–Crippen LogP) is 4.26. The highest BCUT2D eigenvalue weighted by molar-refractivity contribution is 5.95. The van der Waals surface area contributed by atoms with Gasteiger partial charge in [-0.3, -0.25) is 9.59 Å². The van der Waals surface area contributed by atoms with Crippen LogP contribution in [0.3, 0.4) is 0 Å². The normalized spacial score (nSPS) is 18.0. The van der Waals surface area contributed by atoms with E-state index in [4.69, 9.17) is 0 Å². The van der Waals surface area contributed by atoms with Gasteiger partial charge in [0.25, 0.3) is 5.91 Å². The van der Waals surface area contributed by atoms with Crippen LogP contribution < -0.4 is 10.2 Å². The zero-order valence-electron chi connectivity index (χ0n) is 20.1. The van der Waals surface area contributed by atoms with Crippen LogP contribution in [0.5, 0.6) is 0 Å². The summed E-state index contributed by atoms with van der Waals surface area (Å²) in [7, 11) is 2.12. The van der Waals surface area contributed by atoms with Crippen LogP contribution in [0.25, 0.3) is 0 Å². The summed E-state index contributed by atoms with van der Waals surface area (Å²) in [5.74, 6) is -0.599. The van der Waals surface area contributed by atoms with Crippen LogP contribution in [-0.4, -0.2) is 67.9 Å². The summed E-state index contributed by atoms with van der Waals surface area (Å²) in [6.07, 6.45) is -3.41. The van der Waals surface area contributed by atoms with Crippen molar-refractivity contribution >= 4 is 23.2 Å². The fraction of sp³-hybridized carbons (Fsp3) is 0.462. The fourth-order valence-electron chi connectivity index (χ4n) is 4.61. The summed E-state index contributed by atoms with van der Waals surface area (Å²) in [5.41, 5.74) is 2.39. The summed E-state index contributed by atoms with van der Waals surface area (Å²) < 4.78 is 38.3. The Balaban J connectivity index is 1.30. The topological polar surface area (TPSA) is 55.9 Å². The van der Waals surface area contributed by atoms with Crippen LogP contribution in [-0.2, 0) is 11.0 Å². The van der Waals surface area contributed by atoms with E-state index in [2.05, 4.69) is 28.2 Å². The Hall–Kier alpha value is -3.07. The number of piperidine rings is 1. The van der Waals surface area contributed by atoms with Crippen LogP contribution >= 0.6 is 0 Å². The van der Waals surface area contributed by atoms with E-state index in [0.717, 1.165) is 55.2 Å². The third-order valence-electron chi connectivity index (χ3n) is 6.95. The Kier molecular flexibility index (Phi) is 7.35. The first kappa shape index (κ1) is 25.0. The van der Waals surface area contributed by atoms with Crippen LogP contribution in [0.15, 0.2) is 42.5 Å². The number of carbonyl (C=O) groups is 2. The van der Waals surface area contributed by atoms with Gasteiger partial charge in [0.2, 0.25) is 5.91 Å². The van der Waals surface area contributed by atoms with Crippen LogP contribution in [0.1, 0.15) is 34.3 Å². The molecule has 2 fully saturated rings. The zero-order chi connectivity index (χ0) is 25.2. The van der Waals surface area contributed by atoms with E-state index in [1.165, 1.54) is 12.1 Å². The number of likely N-dealkylation sites (N-methyl/N-ethyl adjacent to an activating group) is 1. The summed E-state index contributed by atoms with van der Waals surface area (Å²) in [5, 5.41) is 3.04. The molecule has 6 nitrogen and oxygen atoms in total. The second-order valence-electron chi connectivity index (χ2n) is 9.42. The number of hydrogen-bond acceptors (Lipinski definition) is 4. The molecule has 2 heterocycles. The van der Waals surface area contributed by atoms with E-state index in [1.807, 2.05) is 19.1 Å². The van der Waals surface area contributed by atoms with Crippen molar-refractivity contribution in [3.63, 3.8) is 0 Å². The average Bonchev–Trinajstić information content (AvgIpc) is 2.85. The lowest BCUT2D eigenvalue weighted by Crippen LogP contribution is -2.44. The Labute approximate surface area is 203 Å². The number of piperazine rings is 1. The van der Waals surface area contributed by atoms with Gasteiger partial charge in [-0.25, -0.2) is 0 Å². The molecule has 2 saturated heterocycles. The number of likely N-dealkylation sites (tertiary alicyclic amines) is 1. The number of aryl methyl sites for hydroxylation is 1. The molecule has 2 aromatic rings. The highest BCUT2D eigenvalue weighted by Gasteiger charge is 2.31. The molecular formula is C26H31F3N4O2. The molecule has 1 N–H and O–H groups in total. The molecule has 0 saturated carbocycles. The van der Waals surface area contributed by atoms with Crippen molar-refractivity contribution in [1.29, 1.82) is 0 Å². The highest BCUT2D eigenvalue weighted by atomic mass is 19.4. The molecule has 2 aliphatic rings. The van der Waals surface area contributed by atoms with Gasteiger partial charge in [0, 0.05) is 62.1 Å². The molecule has 0 radical (unpaired) electrons. The lowest BCUT2D eigenvalue weighted by atomic mass is 9.95. The fourth-order valence-corrected chi connectivity index (χ4v) is 4.61. The van der Waals surface area contributed by atoms with Gasteiger partial charge in [-0.1, -0.05) is 0 Å². The number of anilines is 2. The minimum atomic E-state index is -4.43. The second kappa shape index (κ2) is 10.3. The minimum absolute atomic E-state index is 0.0675. The molecular weight excluding hydrogens is 457 g/mol. The van der Waals surface area contributed by atoms with Crippen molar-refractivity contribution in [2.24, 2.45) is 5.92 Å². The first-order valence-electron chi connectivity index (χ1n) is 11.9. The van der Waals surface area contributed by atoms with E-state index in [9.17, 15) is 22.8 Å². The quantitative estimate of drug-likeness (QED) is 0.699. The number of benzene rings is 2. The van der Waals surface area contributed by atoms with Gasteiger partial charge in [-0.2, -0.15) is 13.2 Å². The van der Waals surface area contributed by atoms with Gasteiger partial charge >= 0.3 is 6.18 Å². The van der Waals surface area contributed by atoms with Crippen molar-refractivity contribution in [3.8, 4) is 0 Å². The maximum absolute atomic E-state index is 12.9. The second-order valence-corrected chi connectivity index (χ2v) is 9.42. The Morgan fingerprint density at radius 2 is 1.54 bits per heavy atom. The van der Waals surface area contributed by atoms with Crippen LogP contribution in [0, 0.1) is 12.8 Å². The van der Waals surface area contributed by atoms with Crippen LogP contribution in [0.2, 0.25) is 0 Å². The van der Waals surface area contributed by atoms with Crippen molar-refractivity contribution < 1.29 is 22.8 Å². The highest BCUT2D eigenvalue weighted by Crippen LogP contribution is 2.30. The maximum atomic E-state index is 12.9. The molecule has 4 rings (SSSR count). The molecule has 2 amide bonds. The van der Waals surface area contributed by atoms with Crippen molar-refractivity contribution in [2.75, 3.05) is 56.5 Å². The zero-order valence-corrected chi connectivity index (χ0v) is 20.1. The SMILES string of the molecule is Cc1cc(N2CCN(C)CC2)ccc1NC(=O)C1CCN(C(=O)c2ccc(C(F)(F)F)cc2)CC1. The Bertz CT molecular complexity index is 1060. The van der Waals surface area contributed by atoms with Crippen LogP contribution in [0.4, 0.5) is 24.5 Å². The molecule has 0 bridgehead atoms.